The van der Waals surface area contributed by atoms with Crippen LogP contribution in [0.3, 0.4) is 0 Å². The van der Waals surface area contributed by atoms with Crippen LogP contribution in [0.2, 0.25) is 0 Å². The van der Waals surface area contributed by atoms with Crippen LogP contribution in [-0.2, 0) is 5.75 Å². The molecule has 0 fully saturated rings. The molecule has 0 saturated carbocycles. The highest BCUT2D eigenvalue weighted by molar-refractivity contribution is 7.98. The molecule has 0 N–H and O–H groups in total. The van der Waals surface area contributed by atoms with Gasteiger partial charge in [0.25, 0.3) is 0 Å². The van der Waals surface area contributed by atoms with Gasteiger partial charge < -0.3 is 4.42 Å². The summed E-state index contributed by atoms with van der Waals surface area (Å²) in [7, 11) is 0. The van der Waals surface area contributed by atoms with E-state index in [1.54, 1.807) is 23.9 Å². The topological polar surface area (TPSA) is 51.8 Å². The average Bonchev–Trinajstić information content (AvgIpc) is 3.10. The first-order valence-corrected chi connectivity index (χ1v) is 9.58. The van der Waals surface area contributed by atoms with Gasteiger partial charge in [-0.3, -0.25) is 0 Å². The van der Waals surface area contributed by atoms with Crippen LogP contribution in [0.5, 0.6) is 0 Å². The Hall–Kier alpha value is -2.73. The fraction of sp³-hybridized carbons (Fsp3) is 0.190. The van der Waals surface area contributed by atoms with E-state index in [1.807, 2.05) is 0 Å². The zero-order valence-electron chi connectivity index (χ0n) is 15.3. The van der Waals surface area contributed by atoms with Gasteiger partial charge in [-0.1, -0.05) is 23.4 Å². The Kier molecular flexibility index (Phi) is 4.66. The Morgan fingerprint density at radius 2 is 1.74 bits per heavy atom. The van der Waals surface area contributed by atoms with E-state index in [-0.39, 0.29) is 5.82 Å². The molecule has 2 aromatic heterocycles. The summed E-state index contributed by atoms with van der Waals surface area (Å²) in [5.41, 5.74) is 5.34. The largest absolute Gasteiger partial charge is 0.420 e. The lowest BCUT2D eigenvalue weighted by molar-refractivity contribution is 0.528. The first-order valence-electron chi connectivity index (χ1n) is 8.59. The highest BCUT2D eigenvalue weighted by atomic mass is 32.2. The zero-order chi connectivity index (χ0) is 19.0. The summed E-state index contributed by atoms with van der Waals surface area (Å²) in [5.74, 6) is 1.13. The van der Waals surface area contributed by atoms with E-state index in [1.165, 1.54) is 34.2 Å². The molecule has 0 unspecified atom stereocenters. The van der Waals surface area contributed by atoms with E-state index in [0.29, 0.717) is 23.1 Å². The first-order chi connectivity index (χ1) is 13.0. The highest BCUT2D eigenvalue weighted by Crippen LogP contribution is 2.29. The Morgan fingerprint density at radius 1 is 0.963 bits per heavy atom. The van der Waals surface area contributed by atoms with Gasteiger partial charge in [-0.2, -0.15) is 0 Å². The van der Waals surface area contributed by atoms with E-state index >= 15 is 0 Å². The lowest BCUT2D eigenvalue weighted by atomic mass is 10.0. The molecular weight excluding hydrogens is 361 g/mol. The number of halogens is 1. The van der Waals surface area contributed by atoms with Crippen molar-refractivity contribution >= 4 is 22.7 Å². The molecule has 4 nitrogen and oxygen atoms in total. The predicted molar refractivity (Wildman–Crippen MR) is 105 cm³/mol. The molecule has 136 valence electrons. The molecule has 0 amide bonds. The van der Waals surface area contributed by atoms with Gasteiger partial charge in [-0.15, -0.1) is 10.2 Å². The predicted octanol–water partition coefficient (Wildman–Crippen LogP) is 5.64. The third kappa shape index (κ3) is 3.71. The first kappa shape index (κ1) is 17.7. The Labute approximate surface area is 160 Å². The van der Waals surface area contributed by atoms with Crippen molar-refractivity contribution in [2.75, 3.05) is 0 Å². The quantitative estimate of drug-likeness (QED) is 0.429. The van der Waals surface area contributed by atoms with E-state index in [0.717, 1.165) is 10.5 Å². The van der Waals surface area contributed by atoms with Gasteiger partial charge in [0.2, 0.25) is 11.8 Å². The molecule has 0 aliphatic heterocycles. The molecule has 0 aliphatic rings. The third-order valence-corrected chi connectivity index (χ3v) is 5.23. The van der Waals surface area contributed by atoms with Gasteiger partial charge in [0.15, 0.2) is 0 Å². The highest BCUT2D eigenvalue weighted by Gasteiger charge is 2.11. The van der Waals surface area contributed by atoms with Crippen molar-refractivity contribution in [3.63, 3.8) is 0 Å². The molecule has 0 atom stereocenters. The van der Waals surface area contributed by atoms with Gasteiger partial charge in [0, 0.05) is 10.9 Å². The molecular formula is C21H18FN3OS. The summed E-state index contributed by atoms with van der Waals surface area (Å²) in [4.78, 5) is 4.80. The minimum Gasteiger partial charge on any atom is -0.420 e. The number of hydrogen-bond acceptors (Lipinski definition) is 5. The zero-order valence-corrected chi connectivity index (χ0v) is 16.1. The number of aryl methyl sites for hydroxylation is 3. The molecule has 0 spiro atoms. The van der Waals surface area contributed by atoms with Crippen LogP contribution in [0.15, 0.2) is 51.9 Å². The lowest BCUT2D eigenvalue weighted by Gasteiger charge is -2.09. The van der Waals surface area contributed by atoms with Crippen LogP contribution < -0.4 is 0 Å². The van der Waals surface area contributed by atoms with Crippen molar-refractivity contribution in [2.45, 2.75) is 31.6 Å². The second-order valence-corrected chi connectivity index (χ2v) is 7.55. The number of rotatable bonds is 4. The average molecular weight is 379 g/mol. The van der Waals surface area contributed by atoms with Gasteiger partial charge in [-0.25, -0.2) is 9.37 Å². The van der Waals surface area contributed by atoms with Gasteiger partial charge >= 0.3 is 0 Å². The third-order valence-electron chi connectivity index (χ3n) is 4.33. The van der Waals surface area contributed by atoms with E-state index in [2.05, 4.69) is 49.2 Å². The second kappa shape index (κ2) is 7.12. The van der Waals surface area contributed by atoms with Crippen LogP contribution >= 0.6 is 11.8 Å². The van der Waals surface area contributed by atoms with Crippen LogP contribution in [0.4, 0.5) is 4.39 Å². The number of thioether (sulfide) groups is 1. The van der Waals surface area contributed by atoms with Crippen molar-refractivity contribution in [1.29, 1.82) is 0 Å². The number of hydrogen-bond donors (Lipinski definition) is 0. The number of pyridine rings is 1. The van der Waals surface area contributed by atoms with Crippen LogP contribution in [0.25, 0.3) is 22.4 Å². The van der Waals surface area contributed by atoms with Crippen molar-refractivity contribution in [1.82, 2.24) is 15.2 Å². The number of fused-ring (bicyclic) bond motifs is 1. The van der Waals surface area contributed by atoms with E-state index in [4.69, 9.17) is 9.40 Å². The number of nitrogens with zero attached hydrogens (tertiary/aromatic N) is 3. The molecule has 0 radical (unpaired) electrons. The second-order valence-electron chi connectivity index (χ2n) is 6.55. The Bertz CT molecular complexity index is 1120. The van der Waals surface area contributed by atoms with Crippen LogP contribution in [0, 0.1) is 26.6 Å². The maximum atomic E-state index is 13.0. The minimum atomic E-state index is -0.294. The van der Waals surface area contributed by atoms with Gasteiger partial charge in [-0.05, 0) is 68.3 Å². The number of aromatic nitrogens is 3. The summed E-state index contributed by atoms with van der Waals surface area (Å²) >= 11 is 1.56. The summed E-state index contributed by atoms with van der Waals surface area (Å²) in [6, 6.07) is 12.4. The molecule has 0 aliphatic carbocycles. The molecule has 2 heterocycles. The molecule has 4 aromatic rings. The Morgan fingerprint density at radius 3 is 2.52 bits per heavy atom. The molecule has 27 heavy (non-hydrogen) atoms. The fourth-order valence-corrected chi connectivity index (χ4v) is 3.85. The molecule has 2 aromatic carbocycles. The Balaban J connectivity index is 1.55. The summed E-state index contributed by atoms with van der Waals surface area (Å²) in [6.45, 7) is 6.29. The molecule has 6 heteroatoms. The smallest absolute Gasteiger partial charge is 0.247 e. The van der Waals surface area contributed by atoms with Crippen molar-refractivity contribution in [3.05, 3.63) is 70.9 Å². The number of benzene rings is 2. The van der Waals surface area contributed by atoms with Crippen molar-refractivity contribution < 1.29 is 8.81 Å². The standard InChI is InChI=1S/C21H18FN3OS/c1-12-8-14(3)20-17(9-12)13(2)10-19(23-20)27-11-18-24-25-21(26-18)15-4-6-16(22)7-5-15/h4-10H,11H2,1-3H3. The normalized spacial score (nSPS) is 11.3. The SMILES string of the molecule is Cc1cc(C)c2nc(SCc3nnc(-c4ccc(F)cc4)o3)cc(C)c2c1. The van der Waals surface area contributed by atoms with E-state index in [9.17, 15) is 4.39 Å². The van der Waals surface area contributed by atoms with Crippen molar-refractivity contribution in [3.8, 4) is 11.5 Å². The summed E-state index contributed by atoms with van der Waals surface area (Å²) in [6.07, 6.45) is 0. The van der Waals surface area contributed by atoms with Gasteiger partial charge in [0.05, 0.1) is 16.3 Å². The minimum absolute atomic E-state index is 0.294. The monoisotopic (exact) mass is 379 g/mol. The van der Waals surface area contributed by atoms with Gasteiger partial charge in [0.1, 0.15) is 5.82 Å². The van der Waals surface area contributed by atoms with Crippen molar-refractivity contribution in [2.24, 2.45) is 0 Å². The molecule has 0 saturated heterocycles. The maximum Gasteiger partial charge on any atom is 0.247 e. The molecule has 4 rings (SSSR count). The van der Waals surface area contributed by atoms with Crippen LogP contribution in [-0.4, -0.2) is 15.2 Å². The fourth-order valence-electron chi connectivity index (χ4n) is 3.05. The summed E-state index contributed by atoms with van der Waals surface area (Å²) in [5, 5.41) is 10.2. The van der Waals surface area contributed by atoms with Crippen LogP contribution in [0.1, 0.15) is 22.6 Å². The lowest BCUT2D eigenvalue weighted by Crippen LogP contribution is -1.92. The summed E-state index contributed by atoms with van der Waals surface area (Å²) < 4.78 is 18.7. The molecule has 0 bridgehead atoms. The van der Waals surface area contributed by atoms with E-state index < -0.39 is 0 Å². The maximum absolute atomic E-state index is 13.0.